The van der Waals surface area contributed by atoms with Crippen molar-refractivity contribution >= 4 is 40.9 Å². The van der Waals surface area contributed by atoms with Crippen LogP contribution >= 0.6 is 24.0 Å². The van der Waals surface area contributed by atoms with E-state index in [1.54, 1.807) is 17.8 Å². The molecule has 21 heavy (non-hydrogen) atoms. The van der Waals surface area contributed by atoms with Crippen molar-refractivity contribution < 1.29 is 14.0 Å². The van der Waals surface area contributed by atoms with Crippen LogP contribution in [0.5, 0.6) is 0 Å². The summed E-state index contributed by atoms with van der Waals surface area (Å²) in [6.45, 7) is 0.705. The van der Waals surface area contributed by atoms with Gasteiger partial charge in [0.1, 0.15) is 12.3 Å². The van der Waals surface area contributed by atoms with Crippen LogP contribution in [-0.4, -0.2) is 53.0 Å². The van der Waals surface area contributed by atoms with Gasteiger partial charge in [-0.05, 0) is 36.7 Å². The van der Waals surface area contributed by atoms with Gasteiger partial charge in [-0.3, -0.25) is 14.5 Å². The van der Waals surface area contributed by atoms with Crippen molar-refractivity contribution in [2.24, 2.45) is 0 Å². The summed E-state index contributed by atoms with van der Waals surface area (Å²) >= 11 is 6.86. The standard InChI is InChI=1S/C13H17N3O3S2/c1-21-7-3-10-12(18)16(13(20)15-10)5-4-14-11(17)9-2-6-19-8-9/h2,6,8,10H,3-5,7H2,1H3,(H,14,17)(H,15,20). The van der Waals surface area contributed by atoms with Crippen LogP contribution in [0.25, 0.3) is 0 Å². The number of amides is 2. The molecule has 2 rings (SSSR count). The minimum atomic E-state index is -0.241. The minimum Gasteiger partial charge on any atom is -0.472 e. The Morgan fingerprint density at radius 2 is 2.43 bits per heavy atom. The molecule has 1 aliphatic rings. The van der Waals surface area contributed by atoms with Crippen LogP contribution in [0.3, 0.4) is 0 Å². The van der Waals surface area contributed by atoms with Crippen LogP contribution < -0.4 is 10.6 Å². The molecule has 8 heteroatoms. The van der Waals surface area contributed by atoms with E-state index in [2.05, 4.69) is 10.6 Å². The number of thioether (sulfide) groups is 1. The molecular weight excluding hydrogens is 310 g/mol. The molecule has 0 radical (unpaired) electrons. The van der Waals surface area contributed by atoms with Crippen LogP contribution in [0.2, 0.25) is 0 Å². The molecule has 0 aliphatic carbocycles. The molecule has 1 aromatic rings. The lowest BCUT2D eigenvalue weighted by Crippen LogP contribution is -2.38. The molecular formula is C13H17N3O3S2. The van der Waals surface area contributed by atoms with E-state index in [0.717, 1.165) is 12.2 Å². The first-order valence-electron chi connectivity index (χ1n) is 6.54. The molecule has 1 aliphatic heterocycles. The average molecular weight is 327 g/mol. The lowest BCUT2D eigenvalue weighted by molar-refractivity contribution is -0.127. The van der Waals surface area contributed by atoms with Crippen molar-refractivity contribution in [3.8, 4) is 0 Å². The van der Waals surface area contributed by atoms with Gasteiger partial charge in [0.25, 0.3) is 11.8 Å². The molecule has 0 aromatic carbocycles. The van der Waals surface area contributed by atoms with E-state index in [9.17, 15) is 9.59 Å². The van der Waals surface area contributed by atoms with E-state index >= 15 is 0 Å². The molecule has 0 spiro atoms. The van der Waals surface area contributed by atoms with Gasteiger partial charge in [-0.2, -0.15) is 11.8 Å². The van der Waals surface area contributed by atoms with E-state index in [-0.39, 0.29) is 17.9 Å². The Balaban J connectivity index is 1.79. The molecule has 2 heterocycles. The maximum atomic E-state index is 12.2. The Morgan fingerprint density at radius 1 is 1.62 bits per heavy atom. The summed E-state index contributed by atoms with van der Waals surface area (Å²) in [5.74, 6) is 0.650. The highest BCUT2D eigenvalue weighted by Crippen LogP contribution is 2.11. The van der Waals surface area contributed by atoms with E-state index in [0.29, 0.717) is 23.8 Å². The van der Waals surface area contributed by atoms with Gasteiger partial charge in [0.05, 0.1) is 11.8 Å². The average Bonchev–Trinajstić information content (AvgIpc) is 3.08. The highest BCUT2D eigenvalue weighted by molar-refractivity contribution is 7.98. The zero-order chi connectivity index (χ0) is 15.2. The fraction of sp³-hybridized carbons (Fsp3) is 0.462. The maximum absolute atomic E-state index is 12.2. The van der Waals surface area contributed by atoms with Gasteiger partial charge in [-0.1, -0.05) is 0 Å². The lowest BCUT2D eigenvalue weighted by atomic mass is 10.2. The second-order valence-electron chi connectivity index (χ2n) is 4.54. The largest absolute Gasteiger partial charge is 0.472 e. The number of carbonyl (C=O) groups is 2. The molecule has 2 amide bonds. The van der Waals surface area contributed by atoms with E-state index in [1.807, 2.05) is 6.26 Å². The number of nitrogens with one attached hydrogen (secondary N) is 2. The van der Waals surface area contributed by atoms with Crippen LogP contribution in [0, 0.1) is 0 Å². The van der Waals surface area contributed by atoms with Gasteiger partial charge in [0.2, 0.25) is 0 Å². The third-order valence-corrected chi connectivity index (χ3v) is 4.10. The summed E-state index contributed by atoms with van der Waals surface area (Å²) in [5, 5.41) is 6.18. The quantitative estimate of drug-likeness (QED) is 0.723. The number of hydrogen-bond acceptors (Lipinski definition) is 5. The molecule has 0 saturated carbocycles. The first-order chi connectivity index (χ1) is 10.1. The molecule has 1 saturated heterocycles. The second kappa shape index (κ2) is 7.46. The lowest BCUT2D eigenvalue weighted by Gasteiger charge is -2.15. The first-order valence-corrected chi connectivity index (χ1v) is 8.35. The van der Waals surface area contributed by atoms with Crippen molar-refractivity contribution in [3.63, 3.8) is 0 Å². The van der Waals surface area contributed by atoms with Crippen molar-refractivity contribution in [2.45, 2.75) is 12.5 Å². The minimum absolute atomic E-state index is 0.0217. The van der Waals surface area contributed by atoms with E-state index in [1.165, 1.54) is 17.4 Å². The summed E-state index contributed by atoms with van der Waals surface area (Å²) in [6, 6.07) is 1.34. The Bertz CT molecular complexity index is 519. The topological polar surface area (TPSA) is 74.6 Å². The molecule has 1 unspecified atom stereocenters. The normalized spacial score (nSPS) is 18.0. The van der Waals surface area contributed by atoms with Crippen molar-refractivity contribution in [3.05, 3.63) is 24.2 Å². The Labute approximate surface area is 132 Å². The SMILES string of the molecule is CSCCC1NC(=S)N(CCNC(=O)c2ccoc2)C1=O. The zero-order valence-corrected chi connectivity index (χ0v) is 13.3. The third kappa shape index (κ3) is 3.98. The molecule has 1 atom stereocenters. The van der Waals surface area contributed by atoms with Crippen molar-refractivity contribution in [1.29, 1.82) is 0 Å². The van der Waals surface area contributed by atoms with Crippen LogP contribution in [0.1, 0.15) is 16.8 Å². The van der Waals surface area contributed by atoms with Crippen molar-refractivity contribution in [2.75, 3.05) is 25.1 Å². The monoisotopic (exact) mass is 327 g/mol. The van der Waals surface area contributed by atoms with Gasteiger partial charge in [-0.25, -0.2) is 0 Å². The predicted octanol–water partition coefficient (Wildman–Crippen LogP) is 0.848. The van der Waals surface area contributed by atoms with Gasteiger partial charge >= 0.3 is 0 Å². The van der Waals surface area contributed by atoms with Gasteiger partial charge in [0.15, 0.2) is 5.11 Å². The smallest absolute Gasteiger partial charge is 0.254 e. The Kier molecular flexibility index (Phi) is 5.63. The summed E-state index contributed by atoms with van der Waals surface area (Å²) in [6.07, 6.45) is 5.56. The summed E-state index contributed by atoms with van der Waals surface area (Å²) in [4.78, 5) is 25.4. The van der Waals surface area contributed by atoms with Crippen LogP contribution in [-0.2, 0) is 4.79 Å². The number of hydrogen-bond donors (Lipinski definition) is 2. The van der Waals surface area contributed by atoms with Gasteiger partial charge in [0, 0.05) is 13.1 Å². The molecule has 6 nitrogen and oxygen atoms in total. The Hall–Kier alpha value is -1.54. The van der Waals surface area contributed by atoms with Gasteiger partial charge in [-0.15, -0.1) is 0 Å². The van der Waals surface area contributed by atoms with Gasteiger partial charge < -0.3 is 15.1 Å². The highest BCUT2D eigenvalue weighted by atomic mass is 32.2. The molecule has 0 bridgehead atoms. The number of nitrogens with zero attached hydrogens (tertiary/aromatic N) is 1. The zero-order valence-electron chi connectivity index (χ0n) is 11.6. The highest BCUT2D eigenvalue weighted by Gasteiger charge is 2.34. The van der Waals surface area contributed by atoms with Crippen LogP contribution in [0.4, 0.5) is 0 Å². The third-order valence-electron chi connectivity index (χ3n) is 3.12. The second-order valence-corrected chi connectivity index (χ2v) is 5.91. The predicted molar refractivity (Wildman–Crippen MR) is 85.3 cm³/mol. The first kappa shape index (κ1) is 15.8. The Morgan fingerprint density at radius 3 is 3.10 bits per heavy atom. The van der Waals surface area contributed by atoms with E-state index < -0.39 is 0 Å². The maximum Gasteiger partial charge on any atom is 0.254 e. The number of carbonyl (C=O) groups excluding carboxylic acids is 2. The molecule has 2 N–H and O–H groups in total. The number of furan rings is 1. The number of rotatable bonds is 7. The number of thiocarbonyl (C=S) groups is 1. The van der Waals surface area contributed by atoms with Crippen molar-refractivity contribution in [1.82, 2.24) is 15.5 Å². The van der Waals surface area contributed by atoms with Crippen LogP contribution in [0.15, 0.2) is 23.0 Å². The molecule has 1 fully saturated rings. The molecule has 1 aromatic heterocycles. The summed E-state index contributed by atoms with van der Waals surface area (Å²) in [7, 11) is 0. The fourth-order valence-corrected chi connectivity index (χ4v) is 2.79. The molecule has 114 valence electrons. The fourth-order valence-electron chi connectivity index (χ4n) is 2.00. The van der Waals surface area contributed by atoms with E-state index in [4.69, 9.17) is 16.6 Å². The summed E-state index contributed by atoms with van der Waals surface area (Å²) < 4.78 is 4.84. The summed E-state index contributed by atoms with van der Waals surface area (Å²) in [5.41, 5.74) is 0.460.